The van der Waals surface area contributed by atoms with E-state index in [1.165, 1.54) is 6.42 Å². The highest BCUT2D eigenvalue weighted by molar-refractivity contribution is 6.31. The van der Waals surface area contributed by atoms with Crippen molar-refractivity contribution in [2.75, 3.05) is 7.11 Å². The Balaban J connectivity index is 1.60. The number of rotatable bonds is 7. The summed E-state index contributed by atoms with van der Waals surface area (Å²) in [6.45, 7) is 1.10. The number of amides is 1. The molecule has 0 spiro atoms. The zero-order valence-electron chi connectivity index (χ0n) is 17.8. The smallest absolute Gasteiger partial charge is 0.254 e. The molecule has 1 fully saturated rings. The van der Waals surface area contributed by atoms with Crippen molar-refractivity contribution in [1.29, 1.82) is 0 Å². The third-order valence-corrected chi connectivity index (χ3v) is 6.37. The molecule has 0 saturated heterocycles. The number of ether oxygens (including phenoxy) is 1. The molecule has 0 atom stereocenters. The first-order valence-electron chi connectivity index (χ1n) is 10.8. The second-order valence-electron chi connectivity index (χ2n) is 8.02. The number of nitrogens with zero attached hydrogens (tertiary/aromatic N) is 3. The van der Waals surface area contributed by atoms with Crippen molar-refractivity contribution < 1.29 is 9.53 Å². The van der Waals surface area contributed by atoms with Crippen molar-refractivity contribution in [3.63, 3.8) is 0 Å². The Morgan fingerprint density at radius 3 is 2.74 bits per heavy atom. The lowest BCUT2D eigenvalue weighted by Gasteiger charge is -2.34. The Bertz CT molecular complexity index is 1030. The molecule has 0 N–H and O–H groups in total. The molecule has 5 nitrogen and oxygen atoms in total. The van der Waals surface area contributed by atoms with E-state index in [4.69, 9.17) is 16.3 Å². The van der Waals surface area contributed by atoms with Gasteiger partial charge in [0.25, 0.3) is 5.91 Å². The molecule has 0 unspecified atom stereocenters. The molecule has 0 aliphatic heterocycles. The van der Waals surface area contributed by atoms with Crippen LogP contribution in [0.25, 0.3) is 0 Å². The van der Waals surface area contributed by atoms with Crippen LogP contribution in [0.4, 0.5) is 0 Å². The van der Waals surface area contributed by atoms with Gasteiger partial charge in [0.2, 0.25) is 0 Å². The van der Waals surface area contributed by atoms with Gasteiger partial charge in [-0.25, -0.2) is 4.98 Å². The normalized spacial score (nSPS) is 14.4. The van der Waals surface area contributed by atoms with Gasteiger partial charge in [-0.1, -0.05) is 55.1 Å². The number of hydrogen-bond donors (Lipinski definition) is 0. The first kappa shape index (κ1) is 21.4. The predicted octanol–water partition coefficient (Wildman–Crippen LogP) is 5.57. The van der Waals surface area contributed by atoms with Crippen LogP contribution in [0.15, 0.2) is 60.9 Å². The summed E-state index contributed by atoms with van der Waals surface area (Å²) >= 11 is 6.37. The second kappa shape index (κ2) is 10.0. The van der Waals surface area contributed by atoms with Crippen LogP contribution in [0.2, 0.25) is 5.02 Å². The molecule has 162 valence electrons. The SMILES string of the molecule is COc1cccc(C(=O)N(Cc2nccn2Cc2ccccc2Cl)C2CCCCC2)c1. The molecule has 0 bridgehead atoms. The van der Waals surface area contributed by atoms with E-state index in [2.05, 4.69) is 9.55 Å². The minimum atomic E-state index is 0.0260. The maximum absolute atomic E-state index is 13.6. The molecule has 4 rings (SSSR count). The first-order chi connectivity index (χ1) is 15.2. The number of hydrogen-bond acceptors (Lipinski definition) is 3. The first-order valence-corrected chi connectivity index (χ1v) is 11.2. The van der Waals surface area contributed by atoms with Crippen LogP contribution in [0.5, 0.6) is 5.75 Å². The molecular weight excluding hydrogens is 410 g/mol. The highest BCUT2D eigenvalue weighted by atomic mass is 35.5. The highest BCUT2D eigenvalue weighted by Crippen LogP contribution is 2.27. The van der Waals surface area contributed by atoms with Gasteiger partial charge in [0, 0.05) is 29.0 Å². The molecule has 1 amide bonds. The molecular formula is C25H28ClN3O2. The summed E-state index contributed by atoms with van der Waals surface area (Å²) < 4.78 is 7.41. The maximum atomic E-state index is 13.6. The number of imidazole rings is 1. The van der Waals surface area contributed by atoms with E-state index in [1.54, 1.807) is 13.3 Å². The monoisotopic (exact) mass is 437 g/mol. The van der Waals surface area contributed by atoms with E-state index < -0.39 is 0 Å². The van der Waals surface area contributed by atoms with E-state index in [-0.39, 0.29) is 11.9 Å². The average molecular weight is 438 g/mol. The Morgan fingerprint density at radius 1 is 1.16 bits per heavy atom. The van der Waals surface area contributed by atoms with Crippen LogP contribution in [0.1, 0.15) is 53.8 Å². The Labute approximate surface area is 188 Å². The Hall–Kier alpha value is -2.79. The van der Waals surface area contributed by atoms with Crippen LogP contribution in [-0.2, 0) is 13.1 Å². The third kappa shape index (κ3) is 5.10. The van der Waals surface area contributed by atoms with Crippen LogP contribution < -0.4 is 4.74 Å². The second-order valence-corrected chi connectivity index (χ2v) is 8.43. The van der Waals surface area contributed by atoms with Crippen LogP contribution >= 0.6 is 11.6 Å². The lowest BCUT2D eigenvalue weighted by atomic mass is 9.93. The maximum Gasteiger partial charge on any atom is 0.254 e. The highest BCUT2D eigenvalue weighted by Gasteiger charge is 2.28. The minimum Gasteiger partial charge on any atom is -0.497 e. The average Bonchev–Trinajstić information content (AvgIpc) is 3.25. The lowest BCUT2D eigenvalue weighted by molar-refractivity contribution is 0.0605. The summed E-state index contributed by atoms with van der Waals surface area (Å²) in [7, 11) is 1.62. The Morgan fingerprint density at radius 2 is 1.97 bits per heavy atom. The fraction of sp³-hybridized carbons (Fsp3) is 0.360. The van der Waals surface area contributed by atoms with Crippen molar-refractivity contribution in [3.05, 3.63) is 82.9 Å². The van der Waals surface area contributed by atoms with E-state index in [0.717, 1.165) is 42.1 Å². The number of carbonyl (C=O) groups is 1. The summed E-state index contributed by atoms with van der Waals surface area (Å²) in [5, 5.41) is 0.735. The van der Waals surface area contributed by atoms with Crippen molar-refractivity contribution in [1.82, 2.24) is 14.5 Å². The molecule has 1 aromatic heterocycles. The number of aromatic nitrogens is 2. The lowest BCUT2D eigenvalue weighted by Crippen LogP contribution is -2.41. The fourth-order valence-corrected chi connectivity index (χ4v) is 4.48. The molecule has 1 aliphatic rings. The van der Waals surface area contributed by atoms with Gasteiger partial charge in [-0.15, -0.1) is 0 Å². The van der Waals surface area contributed by atoms with Crippen LogP contribution in [0, 0.1) is 0 Å². The largest absolute Gasteiger partial charge is 0.497 e. The van der Waals surface area contributed by atoms with Gasteiger partial charge in [-0.3, -0.25) is 4.79 Å². The topological polar surface area (TPSA) is 47.4 Å². The van der Waals surface area contributed by atoms with Gasteiger partial charge in [-0.05, 0) is 42.7 Å². The number of carbonyl (C=O) groups excluding carboxylic acids is 1. The quantitative estimate of drug-likeness (QED) is 0.485. The van der Waals surface area contributed by atoms with E-state index >= 15 is 0 Å². The molecule has 6 heteroatoms. The van der Waals surface area contributed by atoms with Crippen molar-refractivity contribution in [2.24, 2.45) is 0 Å². The summed E-state index contributed by atoms with van der Waals surface area (Å²) in [6.07, 6.45) is 9.34. The molecule has 3 aromatic rings. The molecule has 0 radical (unpaired) electrons. The minimum absolute atomic E-state index is 0.0260. The number of methoxy groups -OCH3 is 1. The summed E-state index contributed by atoms with van der Waals surface area (Å²) in [4.78, 5) is 20.2. The van der Waals surface area contributed by atoms with Crippen LogP contribution in [0.3, 0.4) is 0 Å². The van der Waals surface area contributed by atoms with Gasteiger partial charge in [-0.2, -0.15) is 0 Å². The van der Waals surface area contributed by atoms with E-state index in [0.29, 0.717) is 24.4 Å². The Kier molecular flexibility index (Phi) is 6.92. The summed E-state index contributed by atoms with van der Waals surface area (Å²) in [5.41, 5.74) is 1.68. The van der Waals surface area contributed by atoms with Gasteiger partial charge in [0.15, 0.2) is 0 Å². The summed E-state index contributed by atoms with van der Waals surface area (Å²) in [5.74, 6) is 1.58. The van der Waals surface area contributed by atoms with Gasteiger partial charge < -0.3 is 14.2 Å². The molecule has 31 heavy (non-hydrogen) atoms. The fourth-order valence-electron chi connectivity index (χ4n) is 4.28. The van der Waals surface area contributed by atoms with Crippen molar-refractivity contribution in [3.8, 4) is 5.75 Å². The molecule has 1 aliphatic carbocycles. The van der Waals surface area contributed by atoms with Gasteiger partial charge in [0.05, 0.1) is 20.2 Å². The van der Waals surface area contributed by atoms with E-state index in [9.17, 15) is 4.79 Å². The van der Waals surface area contributed by atoms with Crippen LogP contribution in [-0.4, -0.2) is 33.5 Å². The molecule has 1 saturated carbocycles. The summed E-state index contributed by atoms with van der Waals surface area (Å²) in [6, 6.07) is 15.4. The van der Waals surface area contributed by atoms with Gasteiger partial charge >= 0.3 is 0 Å². The van der Waals surface area contributed by atoms with Crippen molar-refractivity contribution in [2.45, 2.75) is 51.2 Å². The molecule has 1 heterocycles. The van der Waals surface area contributed by atoms with Gasteiger partial charge in [0.1, 0.15) is 11.6 Å². The number of halogens is 1. The molecule has 2 aromatic carbocycles. The van der Waals surface area contributed by atoms with E-state index in [1.807, 2.05) is 59.6 Å². The van der Waals surface area contributed by atoms with Crippen molar-refractivity contribution >= 4 is 17.5 Å². The predicted molar refractivity (Wildman–Crippen MR) is 123 cm³/mol. The third-order valence-electron chi connectivity index (χ3n) is 6.01. The zero-order valence-corrected chi connectivity index (χ0v) is 18.6. The zero-order chi connectivity index (χ0) is 21.6. The number of benzene rings is 2. The standard InChI is InChI=1S/C25H28ClN3O2/c1-31-22-12-7-9-19(16-22)25(30)29(21-10-3-2-4-11-21)18-24-27-14-15-28(24)17-20-8-5-6-13-23(20)26/h5-9,12-16,21H,2-4,10-11,17-18H2,1H3.